The maximum atomic E-state index is 12.3. The first-order valence-electron chi connectivity index (χ1n) is 6.02. The summed E-state index contributed by atoms with van der Waals surface area (Å²) >= 11 is 0. The number of aliphatic hydroxyl groups excluding tert-OH is 1. The van der Waals surface area contributed by atoms with Crippen molar-refractivity contribution in [2.24, 2.45) is 22.2 Å². The van der Waals surface area contributed by atoms with E-state index < -0.39 is 5.41 Å². The second kappa shape index (κ2) is 4.52. The number of amidine groups is 1. The van der Waals surface area contributed by atoms with Crippen molar-refractivity contribution in [1.82, 2.24) is 4.90 Å². The number of rotatable bonds is 3. The number of aliphatic hydroxyl groups is 1. The number of amides is 1. The molecule has 96 valence electrons. The molecule has 1 amide bonds. The van der Waals surface area contributed by atoms with Crippen LogP contribution in [-0.4, -0.2) is 46.7 Å². The van der Waals surface area contributed by atoms with Gasteiger partial charge in [-0.2, -0.15) is 0 Å². The van der Waals surface area contributed by atoms with Gasteiger partial charge in [-0.3, -0.25) is 4.79 Å². The van der Waals surface area contributed by atoms with E-state index in [1.807, 2.05) is 0 Å². The summed E-state index contributed by atoms with van der Waals surface area (Å²) < 4.78 is 0. The Kier molecular flexibility index (Phi) is 3.24. The average molecular weight is 241 g/mol. The number of piperidine rings is 1. The van der Waals surface area contributed by atoms with Crippen LogP contribution in [0.25, 0.3) is 0 Å². The van der Waals surface area contributed by atoms with Gasteiger partial charge in [-0.1, -0.05) is 5.16 Å². The summed E-state index contributed by atoms with van der Waals surface area (Å²) in [6.07, 6.45) is 2.99. The Hall–Kier alpha value is -1.30. The van der Waals surface area contributed by atoms with E-state index in [2.05, 4.69) is 5.16 Å². The van der Waals surface area contributed by atoms with E-state index in [-0.39, 0.29) is 18.3 Å². The molecule has 2 rings (SSSR count). The van der Waals surface area contributed by atoms with Crippen molar-refractivity contribution in [3.05, 3.63) is 0 Å². The highest BCUT2D eigenvalue weighted by molar-refractivity contribution is 6.09. The lowest BCUT2D eigenvalue weighted by atomic mass is 9.95. The predicted molar refractivity (Wildman–Crippen MR) is 61.5 cm³/mol. The molecule has 1 saturated heterocycles. The molecule has 6 nitrogen and oxygen atoms in total. The summed E-state index contributed by atoms with van der Waals surface area (Å²) in [6.45, 7) is 1.50. The van der Waals surface area contributed by atoms with Crippen LogP contribution < -0.4 is 5.73 Å². The third-order valence-electron chi connectivity index (χ3n) is 3.92. The van der Waals surface area contributed by atoms with Gasteiger partial charge in [0.15, 0.2) is 5.84 Å². The summed E-state index contributed by atoms with van der Waals surface area (Å²) in [7, 11) is 0. The minimum atomic E-state index is -0.735. The second-order valence-corrected chi connectivity index (χ2v) is 4.99. The Morgan fingerprint density at radius 2 is 2.00 bits per heavy atom. The monoisotopic (exact) mass is 241 g/mol. The van der Waals surface area contributed by atoms with Gasteiger partial charge in [0.2, 0.25) is 5.91 Å². The Balaban J connectivity index is 1.98. The summed E-state index contributed by atoms with van der Waals surface area (Å²) in [4.78, 5) is 14.0. The van der Waals surface area contributed by atoms with Crippen molar-refractivity contribution in [3.8, 4) is 0 Å². The molecule has 0 spiro atoms. The van der Waals surface area contributed by atoms with Crippen LogP contribution >= 0.6 is 0 Å². The predicted octanol–water partition coefficient (Wildman–Crippen LogP) is -0.256. The first kappa shape index (κ1) is 12.2. The van der Waals surface area contributed by atoms with Crippen molar-refractivity contribution >= 4 is 11.7 Å². The molecule has 0 atom stereocenters. The zero-order valence-corrected chi connectivity index (χ0v) is 9.80. The standard InChI is InChI=1S/C11H19N3O3/c12-9(13-17)11(3-4-11)10(16)14-5-1-8(7-15)2-6-14/h8,15,17H,1-7H2,(H2,12,13). The van der Waals surface area contributed by atoms with Gasteiger partial charge >= 0.3 is 0 Å². The van der Waals surface area contributed by atoms with Gasteiger partial charge < -0.3 is 20.9 Å². The molecule has 0 aromatic rings. The summed E-state index contributed by atoms with van der Waals surface area (Å²) in [5.41, 5.74) is 4.85. The normalized spacial score (nSPS) is 24.8. The molecular weight excluding hydrogens is 222 g/mol. The maximum Gasteiger partial charge on any atom is 0.236 e. The molecule has 0 aromatic heterocycles. The molecule has 2 aliphatic rings. The minimum absolute atomic E-state index is 0.0239. The van der Waals surface area contributed by atoms with Gasteiger partial charge in [0.1, 0.15) is 5.41 Å². The van der Waals surface area contributed by atoms with E-state index in [1.54, 1.807) is 4.90 Å². The highest BCUT2D eigenvalue weighted by Gasteiger charge is 2.55. The highest BCUT2D eigenvalue weighted by Crippen LogP contribution is 2.47. The van der Waals surface area contributed by atoms with Crippen LogP contribution in [0, 0.1) is 11.3 Å². The van der Waals surface area contributed by atoms with Gasteiger partial charge in [-0.15, -0.1) is 0 Å². The van der Waals surface area contributed by atoms with Gasteiger partial charge in [-0.25, -0.2) is 0 Å². The molecule has 0 radical (unpaired) electrons. The molecule has 1 saturated carbocycles. The van der Waals surface area contributed by atoms with E-state index >= 15 is 0 Å². The molecule has 6 heteroatoms. The fraction of sp³-hybridized carbons (Fsp3) is 0.818. The Morgan fingerprint density at radius 3 is 2.41 bits per heavy atom. The summed E-state index contributed by atoms with van der Waals surface area (Å²) in [6, 6.07) is 0. The lowest BCUT2D eigenvalue weighted by Crippen LogP contribution is -2.47. The number of nitrogens with two attached hydrogens (primary N) is 1. The zero-order chi connectivity index (χ0) is 12.5. The molecule has 1 aliphatic heterocycles. The fourth-order valence-corrected chi connectivity index (χ4v) is 2.42. The molecule has 4 N–H and O–H groups in total. The van der Waals surface area contributed by atoms with Crippen LogP contribution in [0.4, 0.5) is 0 Å². The van der Waals surface area contributed by atoms with E-state index in [4.69, 9.17) is 16.0 Å². The van der Waals surface area contributed by atoms with Crippen LogP contribution in [0.15, 0.2) is 5.16 Å². The number of nitrogens with zero attached hydrogens (tertiary/aromatic N) is 2. The molecule has 17 heavy (non-hydrogen) atoms. The minimum Gasteiger partial charge on any atom is -0.409 e. The Morgan fingerprint density at radius 1 is 1.41 bits per heavy atom. The smallest absolute Gasteiger partial charge is 0.236 e. The number of carbonyl (C=O) groups excluding carboxylic acids is 1. The molecule has 0 unspecified atom stereocenters. The lowest BCUT2D eigenvalue weighted by molar-refractivity contribution is -0.136. The number of carbonyl (C=O) groups is 1. The van der Waals surface area contributed by atoms with Gasteiger partial charge in [0.25, 0.3) is 0 Å². The number of oxime groups is 1. The molecule has 2 fully saturated rings. The Labute approximate surface area is 100 Å². The van der Waals surface area contributed by atoms with E-state index in [0.717, 1.165) is 12.8 Å². The van der Waals surface area contributed by atoms with Crippen molar-refractivity contribution in [2.75, 3.05) is 19.7 Å². The van der Waals surface area contributed by atoms with E-state index in [0.29, 0.717) is 31.8 Å². The van der Waals surface area contributed by atoms with Crippen molar-refractivity contribution in [1.29, 1.82) is 0 Å². The molecular formula is C11H19N3O3. The van der Waals surface area contributed by atoms with Crippen LogP contribution in [0.1, 0.15) is 25.7 Å². The molecule has 1 heterocycles. The second-order valence-electron chi connectivity index (χ2n) is 4.99. The Bertz CT molecular complexity index is 331. The van der Waals surface area contributed by atoms with Crippen molar-refractivity contribution in [3.63, 3.8) is 0 Å². The largest absolute Gasteiger partial charge is 0.409 e. The maximum absolute atomic E-state index is 12.3. The van der Waals surface area contributed by atoms with Crippen molar-refractivity contribution in [2.45, 2.75) is 25.7 Å². The van der Waals surface area contributed by atoms with Crippen LogP contribution in [-0.2, 0) is 4.79 Å². The number of hydrogen-bond acceptors (Lipinski definition) is 4. The zero-order valence-electron chi connectivity index (χ0n) is 9.80. The first-order valence-corrected chi connectivity index (χ1v) is 6.02. The summed E-state index contributed by atoms with van der Waals surface area (Å²) in [5.74, 6) is 0.314. The van der Waals surface area contributed by atoms with Crippen LogP contribution in [0.5, 0.6) is 0 Å². The molecule has 0 aromatic carbocycles. The van der Waals surface area contributed by atoms with Crippen LogP contribution in [0.3, 0.4) is 0 Å². The quantitative estimate of drug-likeness (QED) is 0.274. The molecule has 1 aliphatic carbocycles. The van der Waals surface area contributed by atoms with Crippen LogP contribution in [0.2, 0.25) is 0 Å². The van der Waals surface area contributed by atoms with Crippen molar-refractivity contribution < 1.29 is 15.1 Å². The lowest BCUT2D eigenvalue weighted by Gasteiger charge is -2.33. The third-order valence-corrected chi connectivity index (χ3v) is 3.92. The third kappa shape index (κ3) is 2.09. The van der Waals surface area contributed by atoms with Gasteiger partial charge in [0.05, 0.1) is 0 Å². The van der Waals surface area contributed by atoms with Gasteiger partial charge in [0, 0.05) is 19.7 Å². The SMILES string of the molecule is NC(=NO)C1(C(=O)N2CCC(CO)CC2)CC1. The van der Waals surface area contributed by atoms with Gasteiger partial charge in [-0.05, 0) is 31.6 Å². The molecule has 0 bridgehead atoms. The average Bonchev–Trinajstić information content (AvgIpc) is 3.18. The number of hydrogen-bond donors (Lipinski definition) is 3. The first-order chi connectivity index (χ1) is 8.14. The fourth-order valence-electron chi connectivity index (χ4n) is 2.42. The van der Waals surface area contributed by atoms with E-state index in [9.17, 15) is 4.79 Å². The van der Waals surface area contributed by atoms with E-state index in [1.165, 1.54) is 0 Å². The number of likely N-dealkylation sites (tertiary alicyclic amines) is 1. The topological polar surface area (TPSA) is 99.2 Å². The summed E-state index contributed by atoms with van der Waals surface area (Å²) in [5, 5.41) is 20.7. The highest BCUT2D eigenvalue weighted by atomic mass is 16.4.